The van der Waals surface area contributed by atoms with Gasteiger partial charge in [0.15, 0.2) is 6.10 Å². The summed E-state index contributed by atoms with van der Waals surface area (Å²) < 4.78 is 16.9. The first-order valence-corrected chi connectivity index (χ1v) is 29.5. The maximum atomic E-state index is 12.8. The van der Waals surface area contributed by atoms with E-state index in [-0.39, 0.29) is 31.1 Å². The largest absolute Gasteiger partial charge is 0.462 e. The quantitative estimate of drug-likeness (QED) is 0.0344. The van der Waals surface area contributed by atoms with Crippen molar-refractivity contribution in [2.24, 2.45) is 0 Å². The van der Waals surface area contributed by atoms with Crippen LogP contribution < -0.4 is 0 Å². The van der Waals surface area contributed by atoms with Crippen LogP contribution in [-0.4, -0.2) is 37.2 Å². The number of ether oxygens (including phenoxy) is 3. The fraction of sp³-hybridized carbons (Fsp3) is 0.949. The highest BCUT2D eigenvalue weighted by Crippen LogP contribution is 2.18. The van der Waals surface area contributed by atoms with E-state index in [0.29, 0.717) is 19.3 Å². The summed E-state index contributed by atoms with van der Waals surface area (Å²) in [6, 6.07) is 0. The zero-order valence-electron chi connectivity index (χ0n) is 44.3. The van der Waals surface area contributed by atoms with E-state index < -0.39 is 6.10 Å². The molecule has 0 saturated carbocycles. The van der Waals surface area contributed by atoms with E-state index in [9.17, 15) is 14.4 Å². The van der Waals surface area contributed by atoms with Crippen LogP contribution in [-0.2, 0) is 28.6 Å². The summed E-state index contributed by atoms with van der Waals surface area (Å²) in [4.78, 5) is 38.1. The van der Waals surface area contributed by atoms with Gasteiger partial charge in [-0.3, -0.25) is 14.4 Å². The number of hydrogen-bond acceptors (Lipinski definition) is 6. The molecule has 6 nitrogen and oxygen atoms in total. The van der Waals surface area contributed by atoms with Crippen molar-refractivity contribution in [1.29, 1.82) is 0 Å². The van der Waals surface area contributed by atoms with Gasteiger partial charge in [0.05, 0.1) is 0 Å². The Morgan fingerprint density at radius 3 is 0.615 bits per heavy atom. The predicted molar refractivity (Wildman–Crippen MR) is 280 cm³/mol. The summed E-state index contributed by atoms with van der Waals surface area (Å²) in [7, 11) is 0. The first-order chi connectivity index (χ1) is 32.0. The van der Waals surface area contributed by atoms with E-state index in [0.717, 1.165) is 57.8 Å². The zero-order chi connectivity index (χ0) is 47.2. The molecule has 0 fully saturated rings. The second-order valence-electron chi connectivity index (χ2n) is 20.3. The summed E-state index contributed by atoms with van der Waals surface area (Å²) in [5.41, 5.74) is 0. The van der Waals surface area contributed by atoms with Crippen LogP contribution >= 0.6 is 0 Å². The number of unbranched alkanes of at least 4 members (excludes halogenated alkanes) is 44. The van der Waals surface area contributed by atoms with E-state index in [1.165, 1.54) is 244 Å². The fourth-order valence-electron chi connectivity index (χ4n) is 9.15. The third kappa shape index (κ3) is 53.2. The second kappa shape index (κ2) is 55.0. The van der Waals surface area contributed by atoms with Gasteiger partial charge in [0, 0.05) is 19.3 Å². The molecule has 386 valence electrons. The van der Waals surface area contributed by atoms with Gasteiger partial charge in [-0.15, -0.1) is 0 Å². The van der Waals surface area contributed by atoms with Crippen LogP contribution in [0.25, 0.3) is 0 Å². The topological polar surface area (TPSA) is 78.9 Å². The first kappa shape index (κ1) is 63.4. The third-order valence-corrected chi connectivity index (χ3v) is 13.6. The second-order valence-corrected chi connectivity index (χ2v) is 20.3. The molecule has 0 spiro atoms. The molecule has 0 unspecified atom stereocenters. The van der Waals surface area contributed by atoms with Gasteiger partial charge < -0.3 is 14.2 Å². The highest BCUT2D eigenvalue weighted by molar-refractivity contribution is 5.71. The molecule has 0 N–H and O–H groups in total. The molecule has 6 heteroatoms. The van der Waals surface area contributed by atoms with Crippen LogP contribution in [0.1, 0.15) is 342 Å². The molecule has 0 heterocycles. The number of carbonyl (C=O) groups excluding carboxylic acids is 3. The van der Waals surface area contributed by atoms with Crippen molar-refractivity contribution in [3.05, 3.63) is 0 Å². The Kier molecular flexibility index (Phi) is 53.7. The Labute approximate surface area is 406 Å². The van der Waals surface area contributed by atoms with Gasteiger partial charge in [-0.1, -0.05) is 303 Å². The molecule has 0 aromatic carbocycles. The maximum Gasteiger partial charge on any atom is 0.306 e. The SMILES string of the molecule is CCCCCCCCCCCCCCCCCCCCC(=O)OC[C@H](COC(=O)CCCCCCCCCCCCCCCCC)OC(=O)CCCCCCCCCCCCCCCC. The Bertz CT molecular complexity index is 967. The molecule has 0 radical (unpaired) electrons. The van der Waals surface area contributed by atoms with Gasteiger partial charge in [0.1, 0.15) is 13.2 Å². The first-order valence-electron chi connectivity index (χ1n) is 29.5. The summed E-state index contributed by atoms with van der Waals surface area (Å²) in [5.74, 6) is -0.830. The van der Waals surface area contributed by atoms with E-state index in [4.69, 9.17) is 14.2 Å². The smallest absolute Gasteiger partial charge is 0.306 e. The van der Waals surface area contributed by atoms with Crippen LogP contribution in [0.4, 0.5) is 0 Å². The van der Waals surface area contributed by atoms with Gasteiger partial charge in [-0.2, -0.15) is 0 Å². The molecule has 0 aromatic rings. The van der Waals surface area contributed by atoms with Gasteiger partial charge in [-0.25, -0.2) is 0 Å². The van der Waals surface area contributed by atoms with Crippen LogP contribution in [0.5, 0.6) is 0 Å². The van der Waals surface area contributed by atoms with Crippen molar-refractivity contribution in [3.63, 3.8) is 0 Å². The highest BCUT2D eigenvalue weighted by atomic mass is 16.6. The molecular formula is C59H114O6. The lowest BCUT2D eigenvalue weighted by Crippen LogP contribution is -2.30. The van der Waals surface area contributed by atoms with Gasteiger partial charge >= 0.3 is 17.9 Å². The Balaban J connectivity index is 4.27. The van der Waals surface area contributed by atoms with Crippen molar-refractivity contribution >= 4 is 17.9 Å². The van der Waals surface area contributed by atoms with Crippen LogP contribution in [0.2, 0.25) is 0 Å². The summed E-state index contributed by atoms with van der Waals surface area (Å²) in [6.45, 7) is 6.71. The van der Waals surface area contributed by atoms with E-state index in [2.05, 4.69) is 20.8 Å². The van der Waals surface area contributed by atoms with Crippen molar-refractivity contribution in [3.8, 4) is 0 Å². The molecule has 0 amide bonds. The van der Waals surface area contributed by atoms with E-state index >= 15 is 0 Å². The lowest BCUT2D eigenvalue weighted by molar-refractivity contribution is -0.167. The van der Waals surface area contributed by atoms with Crippen molar-refractivity contribution in [2.75, 3.05) is 13.2 Å². The summed E-state index contributed by atoms with van der Waals surface area (Å²) in [6.07, 6.45) is 60.9. The molecule has 0 saturated heterocycles. The molecule has 0 aliphatic heterocycles. The predicted octanol–water partition coefficient (Wildman–Crippen LogP) is 19.5. The van der Waals surface area contributed by atoms with E-state index in [1.54, 1.807) is 0 Å². The molecule has 0 rings (SSSR count). The molecule has 0 aliphatic carbocycles. The van der Waals surface area contributed by atoms with Crippen LogP contribution in [0.3, 0.4) is 0 Å². The average molecular weight is 920 g/mol. The fourth-order valence-corrected chi connectivity index (χ4v) is 9.15. The average Bonchev–Trinajstić information content (AvgIpc) is 3.30. The Hall–Kier alpha value is -1.59. The standard InChI is InChI=1S/C59H114O6/c1-4-7-10-13-16-19-22-25-28-29-30-32-35-37-40-43-46-49-52-58(61)64-55-56(65-59(62)53-50-47-44-41-38-33-27-24-21-18-15-12-9-6-3)54-63-57(60)51-48-45-42-39-36-34-31-26-23-20-17-14-11-8-5-2/h56H,4-55H2,1-3H3/t56-/m0/s1. The van der Waals surface area contributed by atoms with Crippen molar-refractivity contribution in [2.45, 2.75) is 348 Å². The Morgan fingerprint density at radius 2 is 0.415 bits per heavy atom. The normalized spacial score (nSPS) is 11.9. The number of carbonyl (C=O) groups is 3. The van der Waals surface area contributed by atoms with Crippen molar-refractivity contribution in [1.82, 2.24) is 0 Å². The van der Waals surface area contributed by atoms with Crippen LogP contribution in [0, 0.1) is 0 Å². The van der Waals surface area contributed by atoms with Gasteiger partial charge in [0.25, 0.3) is 0 Å². The zero-order valence-corrected chi connectivity index (χ0v) is 44.3. The number of rotatable bonds is 55. The molecule has 0 aromatic heterocycles. The molecule has 1 atom stereocenters. The minimum atomic E-state index is -0.761. The molecule has 0 bridgehead atoms. The van der Waals surface area contributed by atoms with Gasteiger partial charge in [0.2, 0.25) is 0 Å². The minimum Gasteiger partial charge on any atom is -0.462 e. The number of hydrogen-bond donors (Lipinski definition) is 0. The maximum absolute atomic E-state index is 12.8. The lowest BCUT2D eigenvalue weighted by Gasteiger charge is -2.18. The monoisotopic (exact) mass is 919 g/mol. The summed E-state index contributed by atoms with van der Waals surface area (Å²) in [5, 5.41) is 0. The molecular weight excluding hydrogens is 805 g/mol. The third-order valence-electron chi connectivity index (χ3n) is 13.6. The Morgan fingerprint density at radius 1 is 0.246 bits per heavy atom. The van der Waals surface area contributed by atoms with Crippen LogP contribution in [0.15, 0.2) is 0 Å². The van der Waals surface area contributed by atoms with Crippen molar-refractivity contribution < 1.29 is 28.6 Å². The summed E-state index contributed by atoms with van der Waals surface area (Å²) >= 11 is 0. The lowest BCUT2D eigenvalue weighted by atomic mass is 10.0. The highest BCUT2D eigenvalue weighted by Gasteiger charge is 2.19. The number of esters is 3. The molecule has 65 heavy (non-hydrogen) atoms. The molecule has 0 aliphatic rings. The van der Waals surface area contributed by atoms with Gasteiger partial charge in [-0.05, 0) is 19.3 Å². The van der Waals surface area contributed by atoms with E-state index in [1.807, 2.05) is 0 Å². The minimum absolute atomic E-state index is 0.0609.